The van der Waals surface area contributed by atoms with Gasteiger partial charge in [-0.05, 0) is 21.8 Å². The Labute approximate surface area is 159 Å². The largest absolute Gasteiger partial charge is 0.407 e. The predicted molar refractivity (Wildman–Crippen MR) is 114 cm³/mol. The van der Waals surface area contributed by atoms with Crippen molar-refractivity contribution in [2.24, 2.45) is 5.92 Å². The highest BCUT2D eigenvalue weighted by molar-refractivity contribution is 6.99. The Bertz CT molecular complexity index is 637. The fourth-order valence-corrected chi connectivity index (χ4v) is 8.20. The molecule has 1 N–H and O–H groups in total. The van der Waals surface area contributed by atoms with Gasteiger partial charge in [0.1, 0.15) is 0 Å². The van der Waals surface area contributed by atoms with E-state index in [1.54, 1.807) is 6.08 Å². The van der Waals surface area contributed by atoms with Gasteiger partial charge in [0.2, 0.25) is 0 Å². The van der Waals surface area contributed by atoms with E-state index >= 15 is 0 Å². The molecule has 0 bridgehead atoms. The second kappa shape index (κ2) is 8.80. The fraction of sp³-hybridized carbons (Fsp3) is 0.391. The van der Waals surface area contributed by atoms with E-state index in [9.17, 15) is 5.11 Å². The second-order valence-electron chi connectivity index (χ2n) is 8.04. The molecule has 2 atom stereocenters. The van der Waals surface area contributed by atoms with Gasteiger partial charge in [-0.15, -0.1) is 6.58 Å². The molecule has 0 spiro atoms. The van der Waals surface area contributed by atoms with E-state index in [4.69, 9.17) is 4.43 Å². The minimum atomic E-state index is -2.52. The molecule has 0 unspecified atom stereocenters. The van der Waals surface area contributed by atoms with E-state index in [2.05, 4.69) is 75.9 Å². The number of rotatable bonds is 8. The van der Waals surface area contributed by atoms with Gasteiger partial charge in [-0.1, -0.05) is 94.4 Å². The van der Waals surface area contributed by atoms with Crippen LogP contribution in [0.2, 0.25) is 5.04 Å². The number of aliphatic hydroxyl groups is 1. The Morgan fingerprint density at radius 3 is 1.85 bits per heavy atom. The first kappa shape index (κ1) is 20.6. The Hall–Kier alpha value is -1.68. The highest BCUT2D eigenvalue weighted by atomic mass is 28.4. The highest BCUT2D eigenvalue weighted by Gasteiger charge is 2.50. The average Bonchev–Trinajstić information content (AvgIpc) is 2.63. The summed E-state index contributed by atoms with van der Waals surface area (Å²) in [5.41, 5.74) is 0. The number of hydrogen-bond acceptors (Lipinski definition) is 2. The summed E-state index contributed by atoms with van der Waals surface area (Å²) >= 11 is 0. The van der Waals surface area contributed by atoms with Crippen LogP contribution in [-0.4, -0.2) is 26.1 Å². The Balaban J connectivity index is 2.49. The van der Waals surface area contributed by atoms with Crippen LogP contribution < -0.4 is 10.4 Å². The lowest BCUT2D eigenvalue weighted by atomic mass is 10.0. The molecule has 2 nitrogen and oxygen atoms in total. The van der Waals surface area contributed by atoms with Crippen LogP contribution in [0.1, 0.15) is 34.1 Å². The zero-order valence-corrected chi connectivity index (χ0v) is 17.5. The standard InChI is InChI=1S/C23H32O2Si/c1-6-13-22(24)19(2)18-25-26(23(3,4)5,20-14-9-7-10-15-20)21-16-11-8-12-17-21/h6-12,14-17,19,22,24H,1,13,18H2,2-5H3/t19-,22+/m1/s1. The van der Waals surface area contributed by atoms with E-state index < -0.39 is 14.4 Å². The SMILES string of the molecule is C=CC[C@H](O)[C@H](C)CO[Si](c1ccccc1)(c1ccccc1)C(C)(C)C. The summed E-state index contributed by atoms with van der Waals surface area (Å²) in [6, 6.07) is 21.2. The normalized spacial score (nSPS) is 14.7. The summed E-state index contributed by atoms with van der Waals surface area (Å²) in [6.07, 6.45) is 1.93. The van der Waals surface area contributed by atoms with Gasteiger partial charge in [0.05, 0.1) is 6.10 Å². The molecule has 2 rings (SSSR count). The molecule has 0 aliphatic carbocycles. The topological polar surface area (TPSA) is 29.5 Å². The molecule has 0 radical (unpaired) electrons. The average molecular weight is 369 g/mol. The van der Waals surface area contributed by atoms with Crippen molar-refractivity contribution in [1.82, 2.24) is 0 Å². The van der Waals surface area contributed by atoms with Crippen LogP contribution in [0, 0.1) is 5.92 Å². The van der Waals surface area contributed by atoms with E-state index in [0.29, 0.717) is 13.0 Å². The van der Waals surface area contributed by atoms with Crippen molar-refractivity contribution < 1.29 is 9.53 Å². The Morgan fingerprint density at radius 2 is 1.46 bits per heavy atom. The zero-order chi connectivity index (χ0) is 19.2. The third-order valence-corrected chi connectivity index (χ3v) is 10.0. The van der Waals surface area contributed by atoms with Crippen molar-refractivity contribution in [2.45, 2.75) is 45.3 Å². The number of aliphatic hydroxyl groups excluding tert-OH is 1. The van der Waals surface area contributed by atoms with Gasteiger partial charge in [0, 0.05) is 12.5 Å². The quantitative estimate of drug-likeness (QED) is 0.561. The van der Waals surface area contributed by atoms with E-state index in [0.717, 1.165) is 0 Å². The minimum absolute atomic E-state index is 0.0428. The monoisotopic (exact) mass is 368 g/mol. The molecule has 0 amide bonds. The second-order valence-corrected chi connectivity index (χ2v) is 12.3. The Kier molecular flexibility index (Phi) is 6.99. The van der Waals surface area contributed by atoms with Crippen molar-refractivity contribution in [2.75, 3.05) is 6.61 Å². The fourth-order valence-electron chi connectivity index (χ4n) is 3.53. The molecular weight excluding hydrogens is 336 g/mol. The van der Waals surface area contributed by atoms with E-state index in [-0.39, 0.29) is 11.0 Å². The molecule has 2 aromatic carbocycles. The maximum Gasteiger partial charge on any atom is 0.261 e. The van der Waals surface area contributed by atoms with Gasteiger partial charge in [0.25, 0.3) is 8.32 Å². The number of benzene rings is 2. The first-order valence-electron chi connectivity index (χ1n) is 9.37. The van der Waals surface area contributed by atoms with Gasteiger partial charge >= 0.3 is 0 Å². The van der Waals surface area contributed by atoms with Crippen molar-refractivity contribution in [3.63, 3.8) is 0 Å². The third kappa shape index (κ3) is 4.34. The van der Waals surface area contributed by atoms with Crippen molar-refractivity contribution in [1.29, 1.82) is 0 Å². The molecule has 140 valence electrons. The maximum atomic E-state index is 10.3. The lowest BCUT2D eigenvalue weighted by molar-refractivity contribution is 0.0839. The molecule has 2 aromatic rings. The summed E-state index contributed by atoms with van der Waals surface area (Å²) in [6.45, 7) is 13.1. The molecule has 3 heteroatoms. The molecule has 0 fully saturated rings. The van der Waals surface area contributed by atoms with Crippen molar-refractivity contribution in [3.8, 4) is 0 Å². The first-order valence-corrected chi connectivity index (χ1v) is 11.3. The molecule has 0 saturated heterocycles. The van der Waals surface area contributed by atoms with Crippen LogP contribution in [0.4, 0.5) is 0 Å². The van der Waals surface area contributed by atoms with Gasteiger partial charge in [0.15, 0.2) is 0 Å². The number of hydrogen-bond donors (Lipinski definition) is 1. The molecule has 0 aliphatic heterocycles. The highest BCUT2D eigenvalue weighted by Crippen LogP contribution is 2.37. The molecule has 0 aromatic heterocycles. The maximum absolute atomic E-state index is 10.3. The molecule has 26 heavy (non-hydrogen) atoms. The lowest BCUT2D eigenvalue weighted by Gasteiger charge is -2.43. The predicted octanol–water partition coefficient (Wildman–Crippen LogP) is 4.14. The smallest absolute Gasteiger partial charge is 0.261 e. The van der Waals surface area contributed by atoms with Crippen LogP contribution in [0.5, 0.6) is 0 Å². The third-order valence-electron chi connectivity index (χ3n) is 5.04. The van der Waals surface area contributed by atoms with Crippen molar-refractivity contribution in [3.05, 3.63) is 73.3 Å². The van der Waals surface area contributed by atoms with Crippen LogP contribution in [0.15, 0.2) is 73.3 Å². The molecule has 0 heterocycles. The van der Waals surface area contributed by atoms with Crippen LogP contribution in [0.25, 0.3) is 0 Å². The van der Waals surface area contributed by atoms with Gasteiger partial charge in [-0.25, -0.2) is 0 Å². The van der Waals surface area contributed by atoms with Gasteiger partial charge < -0.3 is 9.53 Å². The Morgan fingerprint density at radius 1 is 1.00 bits per heavy atom. The van der Waals surface area contributed by atoms with E-state index in [1.807, 2.05) is 19.1 Å². The lowest BCUT2D eigenvalue weighted by Crippen LogP contribution is -2.67. The first-order chi connectivity index (χ1) is 12.3. The summed E-state index contributed by atoms with van der Waals surface area (Å²) in [5, 5.41) is 12.8. The molecule has 0 saturated carbocycles. The minimum Gasteiger partial charge on any atom is -0.407 e. The summed E-state index contributed by atoms with van der Waals surface area (Å²) < 4.78 is 6.84. The summed E-state index contributed by atoms with van der Waals surface area (Å²) in [7, 11) is -2.52. The molecule has 0 aliphatic rings. The van der Waals surface area contributed by atoms with Crippen molar-refractivity contribution >= 4 is 18.7 Å². The summed E-state index contributed by atoms with van der Waals surface area (Å²) in [5.74, 6) is 0.0506. The van der Waals surface area contributed by atoms with Gasteiger partial charge in [-0.2, -0.15) is 0 Å². The zero-order valence-electron chi connectivity index (χ0n) is 16.5. The van der Waals surface area contributed by atoms with Crippen LogP contribution in [-0.2, 0) is 4.43 Å². The van der Waals surface area contributed by atoms with Gasteiger partial charge in [-0.3, -0.25) is 0 Å². The van der Waals surface area contributed by atoms with E-state index in [1.165, 1.54) is 10.4 Å². The van der Waals surface area contributed by atoms with Crippen LogP contribution in [0.3, 0.4) is 0 Å². The van der Waals surface area contributed by atoms with Crippen LogP contribution >= 0.6 is 0 Å². The molecular formula is C23H32O2Si. The summed E-state index contributed by atoms with van der Waals surface area (Å²) in [4.78, 5) is 0.